The van der Waals surface area contributed by atoms with Gasteiger partial charge < -0.3 is 35.4 Å². The summed E-state index contributed by atoms with van der Waals surface area (Å²) in [6.07, 6.45) is 9.28. The largest absolute Gasteiger partial charge is 2.00 e. The van der Waals surface area contributed by atoms with E-state index in [1.807, 2.05) is 67.6 Å². The van der Waals surface area contributed by atoms with Gasteiger partial charge in [0.15, 0.2) is 5.78 Å². The Morgan fingerprint density at radius 2 is 1.19 bits per heavy atom. The molecule has 0 aromatic heterocycles. The molecule has 43 heavy (non-hydrogen) atoms. The zero-order valence-corrected chi connectivity index (χ0v) is 31.1. The molecule has 0 fully saturated rings. The zero-order chi connectivity index (χ0) is 28.7. The Balaban J connectivity index is -0.000000107. The van der Waals surface area contributed by atoms with Crippen molar-refractivity contribution in [2.45, 2.75) is 104 Å². The molecule has 0 radical (unpaired) electrons. The molecule has 2 atom stereocenters. The Kier molecular flexibility index (Phi) is 44.8. The van der Waals surface area contributed by atoms with Crippen LogP contribution >= 0.6 is 0 Å². The van der Waals surface area contributed by atoms with Crippen molar-refractivity contribution < 1.29 is 53.7 Å². The summed E-state index contributed by atoms with van der Waals surface area (Å²) in [7, 11) is 0. The van der Waals surface area contributed by atoms with E-state index in [0.717, 1.165) is 42.7 Å². The zero-order valence-electron chi connectivity index (χ0n) is 27.4. The van der Waals surface area contributed by atoms with Crippen LogP contribution in [0, 0.1) is 6.92 Å². The van der Waals surface area contributed by atoms with Crippen LogP contribution in [-0.4, -0.2) is 44.9 Å². The molecule has 0 spiro atoms. The maximum Gasteiger partial charge on any atom is 2.00 e. The number of carbonyl (C=O) groups excluding carboxylic acids is 1. The van der Waals surface area contributed by atoms with Crippen molar-refractivity contribution in [1.29, 1.82) is 0 Å². The molecular formula is C36H57ClMgO4Pd. The third kappa shape index (κ3) is 28.2. The van der Waals surface area contributed by atoms with Crippen molar-refractivity contribution in [2.75, 3.05) is 0 Å². The first-order chi connectivity index (χ1) is 18.2. The molecule has 0 aliphatic rings. The van der Waals surface area contributed by atoms with Crippen LogP contribution in [0.4, 0.5) is 0 Å². The predicted octanol–water partition coefficient (Wildman–Crippen LogP) is 5.55. The average molecular weight is 720 g/mol. The van der Waals surface area contributed by atoms with E-state index in [4.69, 9.17) is 0 Å². The number of unbranched alkanes of at least 4 members (excludes halogenated alkanes) is 3. The summed E-state index contributed by atoms with van der Waals surface area (Å²) in [5.74, 6) is 0.849. The van der Waals surface area contributed by atoms with Crippen LogP contribution in [0.3, 0.4) is 0 Å². The number of hydrogen-bond donors (Lipinski definition) is 1. The second-order valence-corrected chi connectivity index (χ2v) is 9.97. The topological polar surface area (TPSA) is 100 Å². The van der Waals surface area contributed by atoms with Gasteiger partial charge in [-0.05, 0) is 43.7 Å². The molecule has 0 saturated carbocycles. The number of halogens is 1. The summed E-state index contributed by atoms with van der Waals surface area (Å²) in [5.41, 5.74) is 2.61. The van der Waals surface area contributed by atoms with E-state index < -0.39 is 5.60 Å². The summed E-state index contributed by atoms with van der Waals surface area (Å²) in [6.45, 7) is 15.9. The van der Waals surface area contributed by atoms with Gasteiger partial charge in [0.1, 0.15) is 0 Å². The summed E-state index contributed by atoms with van der Waals surface area (Å²) >= 11 is 0. The Morgan fingerprint density at radius 1 is 0.791 bits per heavy atom. The van der Waals surface area contributed by atoms with Gasteiger partial charge in [0, 0.05) is 26.0 Å². The molecule has 4 nitrogen and oxygen atoms in total. The fourth-order valence-corrected chi connectivity index (χ4v) is 3.59. The van der Waals surface area contributed by atoms with Crippen LogP contribution in [0.25, 0.3) is 0 Å². The first-order valence-corrected chi connectivity index (χ1v) is 14.4. The third-order valence-corrected chi connectivity index (χ3v) is 6.31. The van der Waals surface area contributed by atoms with Gasteiger partial charge in [0.2, 0.25) is 0 Å². The van der Waals surface area contributed by atoms with E-state index in [2.05, 4.69) is 65.0 Å². The van der Waals surface area contributed by atoms with Crippen molar-refractivity contribution in [3.63, 3.8) is 0 Å². The van der Waals surface area contributed by atoms with Gasteiger partial charge in [0.05, 0.1) is 5.60 Å². The monoisotopic (exact) mass is 718 g/mol. The molecule has 0 heterocycles. The second kappa shape index (κ2) is 35.4. The van der Waals surface area contributed by atoms with E-state index >= 15 is 0 Å². The van der Waals surface area contributed by atoms with Crippen molar-refractivity contribution in [3.05, 3.63) is 115 Å². The molecule has 3 rings (SSSR count). The summed E-state index contributed by atoms with van der Waals surface area (Å²) < 4.78 is 0. The minimum Gasteiger partial charge on any atom is -1.00 e. The number of ketones is 1. The molecule has 2 unspecified atom stereocenters. The van der Waals surface area contributed by atoms with Crippen LogP contribution in [0.2, 0.25) is 0 Å². The number of rotatable bonds is 10. The molecule has 0 amide bonds. The third-order valence-electron chi connectivity index (χ3n) is 6.31. The smallest absolute Gasteiger partial charge is 1.00 e. The molecule has 0 aliphatic heterocycles. The van der Waals surface area contributed by atoms with Gasteiger partial charge in [0.25, 0.3) is 0 Å². The second-order valence-electron chi connectivity index (χ2n) is 9.97. The van der Waals surface area contributed by atoms with Crippen LogP contribution in [-0.2, 0) is 26.0 Å². The molecule has 0 aliphatic carbocycles. The summed E-state index contributed by atoms with van der Waals surface area (Å²) in [6, 6.07) is 29.9. The normalized spacial score (nSPS) is 10.8. The molecular weight excluding hydrogens is 663 g/mol. The van der Waals surface area contributed by atoms with Gasteiger partial charge in [-0.25, -0.2) is 0 Å². The first kappa shape index (κ1) is 54.4. The van der Waals surface area contributed by atoms with Crippen molar-refractivity contribution in [1.82, 2.24) is 0 Å². The van der Waals surface area contributed by atoms with E-state index in [-0.39, 0.29) is 72.6 Å². The van der Waals surface area contributed by atoms with Crippen molar-refractivity contribution >= 4 is 28.8 Å². The van der Waals surface area contributed by atoms with E-state index in [9.17, 15) is 9.90 Å². The van der Waals surface area contributed by atoms with Crippen LogP contribution in [0.15, 0.2) is 91.0 Å². The molecule has 244 valence electrons. The maximum absolute atomic E-state index is 10.6. The number of benzene rings is 3. The van der Waals surface area contributed by atoms with Crippen molar-refractivity contribution in [3.8, 4) is 0 Å². The van der Waals surface area contributed by atoms with Crippen molar-refractivity contribution in [2.24, 2.45) is 0 Å². The standard InChI is InChI=1S/C12H18O.C12H18.C8H8O.C4H9.ClH.Mg.2H2O.Pd/c1-3-4-10-12(2,13)11-8-6-5-7-9-11;1-3-4-8-11(2)12-9-6-5-7-10-12;1-7(9)8-5-3-2-4-6-8;1-3-4-2;;;;;/h5-9,13H,3-4,10H2,1-2H3;5-7,9-11H,3-4,8H2,1-2H3;2-6H,1H3;1,3-4H2,2H3;1H;;2*1H2;/q;;;-1;;+2;;;/p-1. The number of aliphatic hydroxyl groups is 1. The van der Waals surface area contributed by atoms with Gasteiger partial charge in [-0.2, -0.15) is 6.42 Å². The molecule has 5 N–H and O–H groups in total. The Morgan fingerprint density at radius 3 is 1.53 bits per heavy atom. The Labute approximate surface area is 299 Å². The Bertz CT molecular complexity index is 943. The van der Waals surface area contributed by atoms with Gasteiger partial charge in [-0.1, -0.05) is 151 Å². The predicted molar refractivity (Wildman–Crippen MR) is 180 cm³/mol. The van der Waals surface area contributed by atoms with Crippen LogP contribution in [0.1, 0.15) is 120 Å². The number of carbonyl (C=O) groups is 1. The number of Topliss-reactive ketones (excluding diaryl/α,β-unsaturated/α-hetero) is 1. The van der Waals surface area contributed by atoms with E-state index in [1.165, 1.54) is 31.2 Å². The maximum atomic E-state index is 10.6. The summed E-state index contributed by atoms with van der Waals surface area (Å²) in [4.78, 5) is 10.6. The SMILES string of the molecule is CC(=O)c1ccccc1.CCCCC(C)(O)c1ccccc1.CCCCC(C)c1ccccc1.O.O.[CH2-]CCC.[Cl-].[Mg+2].[Pd]. The minimum absolute atomic E-state index is 0. The first-order valence-electron chi connectivity index (χ1n) is 14.4. The fraction of sp³-hybridized carbons (Fsp3) is 0.444. The summed E-state index contributed by atoms with van der Waals surface area (Å²) in [5, 5.41) is 10.1. The molecule has 3 aromatic rings. The van der Waals surface area contributed by atoms with Crippen LogP contribution in [0.5, 0.6) is 0 Å². The minimum atomic E-state index is -0.655. The Hall–Kier alpha value is -1.07. The van der Waals surface area contributed by atoms with Gasteiger partial charge in [-0.3, -0.25) is 4.79 Å². The average Bonchev–Trinajstić information content (AvgIpc) is 2.97. The quantitative estimate of drug-likeness (QED) is 0.169. The van der Waals surface area contributed by atoms with E-state index in [0.29, 0.717) is 0 Å². The van der Waals surface area contributed by atoms with Crippen LogP contribution < -0.4 is 12.4 Å². The van der Waals surface area contributed by atoms with Gasteiger partial charge >= 0.3 is 23.1 Å². The molecule has 0 saturated heterocycles. The molecule has 7 heteroatoms. The van der Waals surface area contributed by atoms with Gasteiger partial charge in [-0.15, -0.1) is 0 Å². The number of hydrogen-bond acceptors (Lipinski definition) is 2. The molecule has 0 bridgehead atoms. The fourth-order valence-electron chi connectivity index (χ4n) is 3.59. The molecule has 3 aromatic carbocycles. The van der Waals surface area contributed by atoms with E-state index in [1.54, 1.807) is 6.92 Å².